The third kappa shape index (κ3) is 9.93. The van der Waals surface area contributed by atoms with Gasteiger partial charge in [-0.2, -0.15) is 0 Å². The molecular formula is C12H25NO3. The minimum Gasteiger partial charge on any atom is -0.379 e. The summed E-state index contributed by atoms with van der Waals surface area (Å²) >= 11 is 0. The van der Waals surface area contributed by atoms with Gasteiger partial charge in [-0.1, -0.05) is 27.7 Å². The van der Waals surface area contributed by atoms with Crippen LogP contribution in [0.5, 0.6) is 0 Å². The fourth-order valence-electron chi connectivity index (χ4n) is 1.13. The maximum Gasteiger partial charge on any atom is 0.207 e. The molecule has 0 heterocycles. The maximum atomic E-state index is 10.4. The van der Waals surface area contributed by atoms with E-state index < -0.39 is 0 Å². The summed E-state index contributed by atoms with van der Waals surface area (Å²) < 4.78 is 10.9. The zero-order valence-corrected chi connectivity index (χ0v) is 10.9. The highest BCUT2D eigenvalue weighted by Gasteiger charge is 2.08. The van der Waals surface area contributed by atoms with Crippen molar-refractivity contribution in [3.63, 3.8) is 0 Å². The molecule has 0 aromatic rings. The van der Waals surface area contributed by atoms with Gasteiger partial charge in [0.15, 0.2) is 0 Å². The van der Waals surface area contributed by atoms with E-state index in [1.54, 1.807) is 0 Å². The van der Waals surface area contributed by atoms with Crippen molar-refractivity contribution in [2.45, 2.75) is 33.7 Å². The minimum atomic E-state index is -0.0463. The molecule has 0 aliphatic heterocycles. The molecule has 96 valence electrons. The van der Waals surface area contributed by atoms with Gasteiger partial charge in [-0.05, 0) is 11.8 Å². The topological polar surface area (TPSA) is 47.6 Å². The molecule has 0 atom stereocenters. The zero-order valence-electron chi connectivity index (χ0n) is 10.9. The van der Waals surface area contributed by atoms with Gasteiger partial charge < -0.3 is 14.8 Å². The van der Waals surface area contributed by atoms with Gasteiger partial charge in [-0.3, -0.25) is 4.79 Å². The van der Waals surface area contributed by atoms with Gasteiger partial charge in [-0.25, -0.2) is 0 Å². The Morgan fingerprint density at radius 2 is 1.38 bits per heavy atom. The van der Waals surface area contributed by atoms with Crippen molar-refractivity contribution in [1.29, 1.82) is 0 Å². The van der Waals surface area contributed by atoms with Crippen LogP contribution in [0.25, 0.3) is 0 Å². The molecule has 0 aliphatic carbocycles. The first-order valence-corrected chi connectivity index (χ1v) is 5.91. The van der Waals surface area contributed by atoms with E-state index in [4.69, 9.17) is 9.47 Å². The van der Waals surface area contributed by atoms with Crippen LogP contribution >= 0.6 is 0 Å². The lowest BCUT2D eigenvalue weighted by Gasteiger charge is -2.18. The van der Waals surface area contributed by atoms with Crippen molar-refractivity contribution in [2.24, 2.45) is 11.8 Å². The highest BCUT2D eigenvalue weighted by Crippen LogP contribution is 1.97. The van der Waals surface area contributed by atoms with Crippen molar-refractivity contribution >= 4 is 6.41 Å². The number of nitrogens with one attached hydrogen (secondary N) is 1. The van der Waals surface area contributed by atoms with Crippen LogP contribution in [0.1, 0.15) is 27.7 Å². The quantitative estimate of drug-likeness (QED) is 0.579. The minimum absolute atomic E-state index is 0.0463. The monoisotopic (exact) mass is 231 g/mol. The first kappa shape index (κ1) is 15.4. The number of hydrogen-bond acceptors (Lipinski definition) is 3. The molecule has 0 bridgehead atoms. The van der Waals surface area contributed by atoms with Crippen molar-refractivity contribution in [3.8, 4) is 0 Å². The Hall–Kier alpha value is -0.610. The Kier molecular flexibility index (Phi) is 9.24. The van der Waals surface area contributed by atoms with E-state index in [9.17, 15) is 4.79 Å². The standard InChI is InChI=1S/C12H25NO3/c1-10(2)5-15-7-12(13-9-14)8-16-6-11(3)4/h9-12H,5-8H2,1-4H3,(H,13,14). The fourth-order valence-corrected chi connectivity index (χ4v) is 1.13. The Labute approximate surface area is 98.7 Å². The van der Waals surface area contributed by atoms with E-state index in [-0.39, 0.29) is 6.04 Å². The number of hydrogen-bond donors (Lipinski definition) is 1. The molecule has 1 amide bonds. The second-order valence-electron chi connectivity index (χ2n) is 4.84. The molecule has 1 N–H and O–H groups in total. The molecule has 0 aromatic heterocycles. The summed E-state index contributed by atoms with van der Waals surface area (Å²) in [6.45, 7) is 10.8. The largest absolute Gasteiger partial charge is 0.379 e. The summed E-state index contributed by atoms with van der Waals surface area (Å²) in [4.78, 5) is 10.4. The summed E-state index contributed by atoms with van der Waals surface area (Å²) in [5, 5.41) is 2.70. The van der Waals surface area contributed by atoms with Gasteiger partial charge >= 0.3 is 0 Å². The van der Waals surface area contributed by atoms with Gasteiger partial charge in [-0.15, -0.1) is 0 Å². The van der Waals surface area contributed by atoms with E-state index in [1.807, 2.05) is 0 Å². The van der Waals surface area contributed by atoms with Crippen molar-refractivity contribution in [2.75, 3.05) is 26.4 Å². The molecule has 0 saturated carbocycles. The molecule has 0 radical (unpaired) electrons. The van der Waals surface area contributed by atoms with E-state index in [0.717, 1.165) is 0 Å². The van der Waals surface area contributed by atoms with Crippen LogP contribution in [0, 0.1) is 11.8 Å². The summed E-state index contributed by atoms with van der Waals surface area (Å²) in [6.07, 6.45) is 0.697. The number of amides is 1. The first-order valence-electron chi connectivity index (χ1n) is 5.91. The fraction of sp³-hybridized carbons (Fsp3) is 0.917. The summed E-state index contributed by atoms with van der Waals surface area (Å²) in [5.74, 6) is 1.02. The van der Waals surface area contributed by atoms with Crippen LogP contribution in [0.4, 0.5) is 0 Å². The molecule has 0 aliphatic rings. The van der Waals surface area contributed by atoms with Gasteiger partial charge in [0, 0.05) is 13.2 Å². The van der Waals surface area contributed by atoms with Gasteiger partial charge in [0.2, 0.25) is 6.41 Å². The van der Waals surface area contributed by atoms with Gasteiger partial charge in [0.05, 0.1) is 19.3 Å². The second-order valence-corrected chi connectivity index (χ2v) is 4.84. The lowest BCUT2D eigenvalue weighted by Crippen LogP contribution is -2.37. The highest BCUT2D eigenvalue weighted by atomic mass is 16.5. The van der Waals surface area contributed by atoms with Crippen LogP contribution in [0.3, 0.4) is 0 Å². The summed E-state index contributed by atoms with van der Waals surface area (Å²) in [5.41, 5.74) is 0. The smallest absolute Gasteiger partial charge is 0.207 e. The number of ether oxygens (including phenoxy) is 2. The van der Waals surface area contributed by atoms with Crippen LogP contribution < -0.4 is 5.32 Å². The van der Waals surface area contributed by atoms with Crippen molar-refractivity contribution in [3.05, 3.63) is 0 Å². The third-order valence-electron chi connectivity index (χ3n) is 1.84. The molecule has 0 aromatic carbocycles. The maximum absolute atomic E-state index is 10.4. The molecule has 0 saturated heterocycles. The van der Waals surface area contributed by atoms with Crippen molar-refractivity contribution < 1.29 is 14.3 Å². The average molecular weight is 231 g/mol. The molecule has 4 nitrogen and oxygen atoms in total. The summed E-state index contributed by atoms with van der Waals surface area (Å²) in [6, 6.07) is -0.0463. The molecule has 0 unspecified atom stereocenters. The van der Waals surface area contributed by atoms with Crippen molar-refractivity contribution in [1.82, 2.24) is 5.32 Å². The molecule has 4 heteroatoms. The van der Waals surface area contributed by atoms with E-state index in [1.165, 1.54) is 0 Å². The summed E-state index contributed by atoms with van der Waals surface area (Å²) in [7, 11) is 0. The van der Waals surface area contributed by atoms with Crippen LogP contribution in [-0.2, 0) is 14.3 Å². The number of carbonyl (C=O) groups excluding carboxylic acids is 1. The number of rotatable bonds is 10. The van der Waals surface area contributed by atoms with Gasteiger partial charge in [0.25, 0.3) is 0 Å². The van der Waals surface area contributed by atoms with E-state index in [2.05, 4.69) is 33.0 Å². The predicted molar refractivity (Wildman–Crippen MR) is 64.3 cm³/mol. The Morgan fingerprint density at radius 1 is 0.938 bits per heavy atom. The molecule has 16 heavy (non-hydrogen) atoms. The van der Waals surface area contributed by atoms with Gasteiger partial charge in [0.1, 0.15) is 0 Å². The van der Waals surface area contributed by atoms with E-state index in [0.29, 0.717) is 44.7 Å². The second kappa shape index (κ2) is 9.60. The van der Waals surface area contributed by atoms with Crippen LogP contribution in [-0.4, -0.2) is 38.9 Å². The predicted octanol–water partition coefficient (Wildman–Crippen LogP) is 1.45. The number of carbonyl (C=O) groups is 1. The Balaban J connectivity index is 3.65. The molecule has 0 spiro atoms. The first-order chi connectivity index (χ1) is 7.56. The lowest BCUT2D eigenvalue weighted by atomic mass is 10.2. The lowest BCUT2D eigenvalue weighted by molar-refractivity contribution is -0.111. The zero-order chi connectivity index (χ0) is 12.4. The third-order valence-corrected chi connectivity index (χ3v) is 1.84. The normalized spacial score (nSPS) is 11.4. The highest BCUT2D eigenvalue weighted by molar-refractivity contribution is 5.46. The Bertz CT molecular complexity index is 158. The van der Waals surface area contributed by atoms with Crippen LogP contribution in [0.2, 0.25) is 0 Å². The SMILES string of the molecule is CC(C)COCC(COCC(C)C)NC=O. The molecule has 0 fully saturated rings. The molecule has 0 rings (SSSR count). The average Bonchev–Trinajstić information content (AvgIpc) is 2.16. The van der Waals surface area contributed by atoms with Crippen LogP contribution in [0.15, 0.2) is 0 Å². The Morgan fingerprint density at radius 3 is 1.69 bits per heavy atom. The van der Waals surface area contributed by atoms with E-state index >= 15 is 0 Å². The molecular weight excluding hydrogens is 206 g/mol.